The van der Waals surface area contributed by atoms with Crippen molar-refractivity contribution in [2.45, 2.75) is 51.4 Å². The van der Waals surface area contributed by atoms with Gasteiger partial charge in [0, 0.05) is 6.42 Å². The molecule has 0 radical (unpaired) electrons. The molecule has 1 N–H and O–H groups in total. The number of Topliss-reactive ketones (excluding diaryl/α,β-unsaturated/α-hetero) is 1. The van der Waals surface area contributed by atoms with Gasteiger partial charge in [0.15, 0.2) is 17.3 Å². The molecule has 0 aromatic heterocycles. The van der Waals surface area contributed by atoms with Gasteiger partial charge in [0.1, 0.15) is 17.1 Å². The number of unbranched alkanes of at least 4 members (excludes halogenated alkanes) is 5. The zero-order chi connectivity index (χ0) is 21.1. The first-order chi connectivity index (χ1) is 14.1. The van der Waals surface area contributed by atoms with E-state index in [0.717, 1.165) is 44.9 Å². The molecule has 29 heavy (non-hydrogen) atoms. The number of phenols is 1. The van der Waals surface area contributed by atoms with Crippen molar-refractivity contribution >= 4 is 5.78 Å². The number of phenolic OH excluding ortho intramolecular Hbond substituents is 1. The van der Waals surface area contributed by atoms with Gasteiger partial charge in [-0.25, -0.2) is 0 Å². The van der Waals surface area contributed by atoms with Gasteiger partial charge < -0.3 is 19.3 Å². The van der Waals surface area contributed by atoms with Crippen LogP contribution >= 0.6 is 0 Å². The summed E-state index contributed by atoms with van der Waals surface area (Å²) in [6.07, 6.45) is 7.91. The predicted molar refractivity (Wildman–Crippen MR) is 115 cm³/mol. The number of carbonyl (C=O) groups is 1. The Bertz CT molecular complexity index is 763. The summed E-state index contributed by atoms with van der Waals surface area (Å²) >= 11 is 0. The molecular formula is C24H32O5. The molecule has 0 saturated carbocycles. The topological polar surface area (TPSA) is 65.0 Å². The number of methoxy groups -OCH3 is 3. The molecule has 2 rings (SSSR count). The highest BCUT2D eigenvalue weighted by molar-refractivity contribution is 6.01. The predicted octanol–water partition coefficient (Wildman–Crippen LogP) is 5.57. The summed E-state index contributed by atoms with van der Waals surface area (Å²) in [4.78, 5) is 12.6. The van der Waals surface area contributed by atoms with Crippen LogP contribution in [0.3, 0.4) is 0 Å². The van der Waals surface area contributed by atoms with Crippen LogP contribution in [-0.4, -0.2) is 32.2 Å². The van der Waals surface area contributed by atoms with Crippen molar-refractivity contribution in [1.29, 1.82) is 0 Å². The zero-order valence-electron chi connectivity index (χ0n) is 17.7. The second-order valence-electron chi connectivity index (χ2n) is 7.09. The molecule has 0 amide bonds. The SMILES string of the molecule is COc1cc(CCCCCCCCC(=O)c2c(OC)cccc2OC)ccc1O. The fraction of sp³-hybridized carbons (Fsp3) is 0.458. The van der Waals surface area contributed by atoms with Crippen molar-refractivity contribution in [1.82, 2.24) is 0 Å². The number of ether oxygens (including phenoxy) is 3. The lowest BCUT2D eigenvalue weighted by molar-refractivity contribution is 0.0973. The van der Waals surface area contributed by atoms with Crippen LogP contribution in [0.15, 0.2) is 36.4 Å². The molecule has 158 valence electrons. The number of hydrogen-bond acceptors (Lipinski definition) is 5. The largest absolute Gasteiger partial charge is 0.504 e. The molecule has 0 heterocycles. The molecule has 0 spiro atoms. The molecule has 5 heteroatoms. The third-order valence-corrected chi connectivity index (χ3v) is 5.07. The lowest BCUT2D eigenvalue weighted by Gasteiger charge is -2.12. The molecule has 0 fully saturated rings. The Morgan fingerprint density at radius 3 is 2.00 bits per heavy atom. The monoisotopic (exact) mass is 400 g/mol. The van der Waals surface area contributed by atoms with Crippen molar-refractivity contribution in [2.24, 2.45) is 0 Å². The van der Waals surface area contributed by atoms with Gasteiger partial charge in [0.2, 0.25) is 0 Å². The minimum absolute atomic E-state index is 0.0700. The fourth-order valence-corrected chi connectivity index (χ4v) is 3.45. The van der Waals surface area contributed by atoms with Crippen LogP contribution in [0.25, 0.3) is 0 Å². The first-order valence-electron chi connectivity index (χ1n) is 10.2. The Morgan fingerprint density at radius 2 is 1.38 bits per heavy atom. The molecule has 5 nitrogen and oxygen atoms in total. The van der Waals surface area contributed by atoms with Crippen molar-refractivity contribution in [3.63, 3.8) is 0 Å². The van der Waals surface area contributed by atoms with E-state index in [2.05, 4.69) is 0 Å². The summed E-state index contributed by atoms with van der Waals surface area (Å²) in [5, 5.41) is 9.63. The first-order valence-corrected chi connectivity index (χ1v) is 10.2. The summed E-state index contributed by atoms with van der Waals surface area (Å²) < 4.78 is 15.8. The Hall–Kier alpha value is -2.69. The molecular weight excluding hydrogens is 368 g/mol. The molecule has 0 bridgehead atoms. The second kappa shape index (κ2) is 12.0. The maximum absolute atomic E-state index is 12.6. The van der Waals surface area contributed by atoms with Gasteiger partial charge in [-0.15, -0.1) is 0 Å². The number of rotatable bonds is 13. The Morgan fingerprint density at radius 1 is 0.793 bits per heavy atom. The fourth-order valence-electron chi connectivity index (χ4n) is 3.45. The number of aryl methyl sites for hydroxylation is 1. The third kappa shape index (κ3) is 6.70. The van der Waals surface area contributed by atoms with Gasteiger partial charge >= 0.3 is 0 Å². The van der Waals surface area contributed by atoms with Crippen LogP contribution in [0.4, 0.5) is 0 Å². The molecule has 0 atom stereocenters. The maximum Gasteiger partial charge on any atom is 0.170 e. The lowest BCUT2D eigenvalue weighted by atomic mass is 10.0. The van der Waals surface area contributed by atoms with Gasteiger partial charge in [0.25, 0.3) is 0 Å². The average Bonchev–Trinajstić information content (AvgIpc) is 2.75. The van der Waals surface area contributed by atoms with E-state index in [1.807, 2.05) is 18.2 Å². The summed E-state index contributed by atoms with van der Waals surface area (Å²) in [5.41, 5.74) is 1.72. The van der Waals surface area contributed by atoms with Crippen molar-refractivity contribution in [3.8, 4) is 23.0 Å². The van der Waals surface area contributed by atoms with Crippen LogP contribution in [0.2, 0.25) is 0 Å². The standard InChI is InChI=1S/C24H32O5/c1-27-21-13-10-14-22(28-2)24(21)20(26)12-9-7-5-4-6-8-11-18-15-16-19(25)23(17-18)29-3/h10,13-17,25H,4-9,11-12H2,1-3H3. The van der Waals surface area contributed by atoms with Crippen LogP contribution in [0.5, 0.6) is 23.0 Å². The van der Waals surface area contributed by atoms with Gasteiger partial charge in [-0.3, -0.25) is 4.79 Å². The molecule has 0 aliphatic carbocycles. The van der Waals surface area contributed by atoms with E-state index in [-0.39, 0.29) is 11.5 Å². The van der Waals surface area contributed by atoms with Gasteiger partial charge in [-0.1, -0.05) is 37.8 Å². The van der Waals surface area contributed by atoms with Crippen LogP contribution < -0.4 is 14.2 Å². The lowest BCUT2D eigenvalue weighted by Crippen LogP contribution is -2.05. The summed E-state index contributed by atoms with van der Waals surface area (Å²) in [6.45, 7) is 0. The summed E-state index contributed by atoms with van der Waals surface area (Å²) in [5.74, 6) is 1.91. The number of aromatic hydroxyl groups is 1. The second-order valence-corrected chi connectivity index (χ2v) is 7.09. The van der Waals surface area contributed by atoms with Gasteiger partial charge in [-0.2, -0.15) is 0 Å². The average molecular weight is 401 g/mol. The van der Waals surface area contributed by atoms with Crippen LogP contribution in [0, 0.1) is 0 Å². The molecule has 0 saturated heterocycles. The van der Waals surface area contributed by atoms with E-state index in [1.165, 1.54) is 5.56 Å². The Kier molecular flexibility index (Phi) is 9.35. The van der Waals surface area contributed by atoms with Crippen LogP contribution in [0.1, 0.15) is 60.9 Å². The van der Waals surface area contributed by atoms with E-state index in [9.17, 15) is 9.90 Å². The van der Waals surface area contributed by atoms with E-state index in [0.29, 0.717) is 29.2 Å². The van der Waals surface area contributed by atoms with E-state index in [1.54, 1.807) is 39.5 Å². The first kappa shape index (κ1) is 22.6. The highest BCUT2D eigenvalue weighted by Crippen LogP contribution is 2.30. The van der Waals surface area contributed by atoms with E-state index >= 15 is 0 Å². The molecule has 2 aromatic carbocycles. The van der Waals surface area contributed by atoms with E-state index < -0.39 is 0 Å². The Balaban J connectivity index is 1.65. The highest BCUT2D eigenvalue weighted by Gasteiger charge is 2.17. The molecule has 2 aromatic rings. The van der Waals surface area contributed by atoms with Crippen molar-refractivity contribution in [2.75, 3.05) is 21.3 Å². The minimum Gasteiger partial charge on any atom is -0.504 e. The Labute approximate surface area is 173 Å². The minimum atomic E-state index is 0.0700. The molecule has 0 aliphatic rings. The number of ketones is 1. The summed E-state index contributed by atoms with van der Waals surface area (Å²) in [7, 11) is 4.70. The zero-order valence-corrected chi connectivity index (χ0v) is 17.7. The quantitative estimate of drug-likeness (QED) is 0.351. The third-order valence-electron chi connectivity index (χ3n) is 5.07. The van der Waals surface area contributed by atoms with E-state index in [4.69, 9.17) is 14.2 Å². The van der Waals surface area contributed by atoms with Gasteiger partial charge in [-0.05, 0) is 49.1 Å². The highest BCUT2D eigenvalue weighted by atomic mass is 16.5. The van der Waals surface area contributed by atoms with Gasteiger partial charge in [0.05, 0.1) is 21.3 Å². The number of carbonyl (C=O) groups excluding carboxylic acids is 1. The van der Waals surface area contributed by atoms with Crippen LogP contribution in [-0.2, 0) is 6.42 Å². The molecule has 0 unspecified atom stereocenters. The maximum atomic E-state index is 12.6. The van der Waals surface area contributed by atoms with Crippen molar-refractivity contribution < 1.29 is 24.1 Å². The smallest absolute Gasteiger partial charge is 0.170 e. The van der Waals surface area contributed by atoms with Crippen molar-refractivity contribution in [3.05, 3.63) is 47.5 Å². The molecule has 0 aliphatic heterocycles. The summed E-state index contributed by atoms with van der Waals surface area (Å²) in [6, 6.07) is 10.9. The number of hydrogen-bond donors (Lipinski definition) is 1. The normalized spacial score (nSPS) is 10.6. The number of benzene rings is 2.